The molecule has 2 amide bonds. The van der Waals surface area contributed by atoms with Crippen LogP contribution in [0, 0.1) is 6.92 Å². The first-order chi connectivity index (χ1) is 9.99. The van der Waals surface area contributed by atoms with Gasteiger partial charge in [-0.05, 0) is 42.8 Å². The summed E-state index contributed by atoms with van der Waals surface area (Å²) in [7, 11) is 1.52. The average molecular weight is 325 g/mol. The zero-order valence-corrected chi connectivity index (χ0v) is 13.0. The highest BCUT2D eigenvalue weighted by Gasteiger charge is 2.09. The fourth-order valence-corrected chi connectivity index (χ4v) is 2.09. The minimum Gasteiger partial charge on any atom is -0.495 e. The molecule has 2 rings (SSSR count). The molecule has 0 saturated carbocycles. The molecule has 0 unspecified atom stereocenters. The number of anilines is 2. The van der Waals surface area contributed by atoms with Gasteiger partial charge in [-0.15, -0.1) is 0 Å². The van der Waals surface area contributed by atoms with Crippen molar-refractivity contribution in [2.45, 2.75) is 6.92 Å². The van der Waals surface area contributed by atoms with Crippen molar-refractivity contribution in [1.82, 2.24) is 0 Å². The predicted molar refractivity (Wildman–Crippen MR) is 86.8 cm³/mol. The molecular weight excluding hydrogens is 311 g/mol. The molecule has 0 saturated heterocycles. The third-order valence-electron chi connectivity index (χ3n) is 2.84. The van der Waals surface area contributed by atoms with Gasteiger partial charge in [0.1, 0.15) is 5.75 Å². The Morgan fingerprint density at radius 2 is 1.86 bits per heavy atom. The van der Waals surface area contributed by atoms with E-state index in [-0.39, 0.29) is 0 Å². The Balaban J connectivity index is 2.11. The molecule has 6 heteroatoms. The Morgan fingerprint density at radius 1 is 1.10 bits per heavy atom. The van der Waals surface area contributed by atoms with Crippen LogP contribution in [0.25, 0.3) is 0 Å². The van der Waals surface area contributed by atoms with Crippen molar-refractivity contribution in [3.63, 3.8) is 0 Å². The Bertz CT molecular complexity index is 675. The van der Waals surface area contributed by atoms with Crippen LogP contribution in [-0.4, -0.2) is 13.1 Å². The number of ether oxygens (including phenoxy) is 1. The summed E-state index contributed by atoms with van der Waals surface area (Å²) in [4.78, 5) is 12.0. The van der Waals surface area contributed by atoms with E-state index in [1.165, 1.54) is 7.11 Å². The molecular formula is C15H14Cl2N2O2. The van der Waals surface area contributed by atoms with E-state index < -0.39 is 6.03 Å². The minimum absolute atomic E-state index is 0.407. The molecule has 4 nitrogen and oxygen atoms in total. The van der Waals surface area contributed by atoms with E-state index in [9.17, 15) is 4.79 Å². The topological polar surface area (TPSA) is 50.4 Å². The molecule has 0 aliphatic carbocycles. The van der Waals surface area contributed by atoms with Gasteiger partial charge < -0.3 is 15.4 Å². The van der Waals surface area contributed by atoms with E-state index in [2.05, 4.69) is 10.6 Å². The standard InChI is InChI=1S/C15H14Cl2N2O2/c1-9-3-5-11(8-12(9)17)18-15(20)19-13-7-10(16)4-6-14(13)21-2/h3-8H,1-2H3,(H2,18,19,20). The molecule has 21 heavy (non-hydrogen) atoms. The zero-order valence-electron chi connectivity index (χ0n) is 11.5. The van der Waals surface area contributed by atoms with Crippen LogP contribution >= 0.6 is 23.2 Å². The molecule has 2 aromatic carbocycles. The maximum absolute atomic E-state index is 12.0. The van der Waals surface area contributed by atoms with E-state index in [1.807, 2.05) is 13.0 Å². The number of nitrogens with one attached hydrogen (secondary N) is 2. The molecule has 2 N–H and O–H groups in total. The van der Waals surface area contributed by atoms with Gasteiger partial charge in [-0.25, -0.2) is 4.79 Å². The third-order valence-corrected chi connectivity index (χ3v) is 3.48. The number of urea groups is 1. The summed E-state index contributed by atoms with van der Waals surface area (Å²) in [6, 6.07) is 9.86. The Labute approximate surface area is 133 Å². The Morgan fingerprint density at radius 3 is 2.52 bits per heavy atom. The van der Waals surface area contributed by atoms with Crippen molar-refractivity contribution in [1.29, 1.82) is 0 Å². The highest BCUT2D eigenvalue weighted by molar-refractivity contribution is 6.31. The van der Waals surface area contributed by atoms with E-state index in [0.717, 1.165) is 5.56 Å². The number of amides is 2. The summed E-state index contributed by atoms with van der Waals surface area (Å²) in [5.41, 5.74) is 2.03. The van der Waals surface area contributed by atoms with Crippen LogP contribution in [-0.2, 0) is 0 Å². The van der Waals surface area contributed by atoms with Crippen molar-refractivity contribution in [2.24, 2.45) is 0 Å². The van der Waals surface area contributed by atoms with Crippen molar-refractivity contribution in [3.8, 4) is 5.75 Å². The van der Waals surface area contributed by atoms with Gasteiger partial charge in [0, 0.05) is 15.7 Å². The molecule has 0 fully saturated rings. The lowest BCUT2D eigenvalue weighted by molar-refractivity contribution is 0.262. The first kappa shape index (κ1) is 15.5. The number of hydrogen-bond acceptors (Lipinski definition) is 2. The first-order valence-electron chi connectivity index (χ1n) is 6.17. The lowest BCUT2D eigenvalue weighted by Crippen LogP contribution is -2.19. The number of benzene rings is 2. The van der Waals surface area contributed by atoms with Gasteiger partial charge in [0.05, 0.1) is 12.8 Å². The van der Waals surface area contributed by atoms with Gasteiger partial charge >= 0.3 is 6.03 Å². The second-order valence-corrected chi connectivity index (χ2v) is 5.23. The summed E-state index contributed by atoms with van der Waals surface area (Å²) in [5.74, 6) is 0.525. The van der Waals surface area contributed by atoms with Gasteiger partial charge in [-0.1, -0.05) is 29.3 Å². The van der Waals surface area contributed by atoms with E-state index >= 15 is 0 Å². The maximum atomic E-state index is 12.0. The van der Waals surface area contributed by atoms with Gasteiger partial charge in [-0.2, -0.15) is 0 Å². The largest absolute Gasteiger partial charge is 0.495 e. The molecule has 0 aliphatic heterocycles. The molecule has 110 valence electrons. The SMILES string of the molecule is COc1ccc(Cl)cc1NC(=O)Nc1ccc(C)c(Cl)c1. The number of aryl methyl sites for hydroxylation is 1. The van der Waals surface area contributed by atoms with Crippen molar-refractivity contribution >= 4 is 40.6 Å². The number of methoxy groups -OCH3 is 1. The average Bonchev–Trinajstić information content (AvgIpc) is 2.43. The van der Waals surface area contributed by atoms with Crippen LogP contribution in [0.2, 0.25) is 10.0 Å². The van der Waals surface area contributed by atoms with E-state index in [0.29, 0.717) is 27.2 Å². The predicted octanol–water partition coefficient (Wildman–Crippen LogP) is 4.95. The highest BCUT2D eigenvalue weighted by atomic mass is 35.5. The first-order valence-corrected chi connectivity index (χ1v) is 6.93. The van der Waals surface area contributed by atoms with Gasteiger partial charge in [-0.3, -0.25) is 0 Å². The zero-order chi connectivity index (χ0) is 15.4. The minimum atomic E-state index is -0.407. The molecule has 0 radical (unpaired) electrons. The van der Waals surface area contributed by atoms with E-state index in [1.54, 1.807) is 30.3 Å². The second kappa shape index (κ2) is 6.70. The highest BCUT2D eigenvalue weighted by Crippen LogP contribution is 2.28. The second-order valence-electron chi connectivity index (χ2n) is 4.39. The number of halogens is 2. The van der Waals surface area contributed by atoms with Crippen LogP contribution in [0.5, 0.6) is 5.75 Å². The Hall–Kier alpha value is -1.91. The van der Waals surface area contributed by atoms with Crippen molar-refractivity contribution in [3.05, 3.63) is 52.0 Å². The lowest BCUT2D eigenvalue weighted by Gasteiger charge is -2.12. The fourth-order valence-electron chi connectivity index (χ4n) is 1.73. The summed E-state index contributed by atoms with van der Waals surface area (Å²) in [6.07, 6.45) is 0. The normalized spacial score (nSPS) is 10.1. The smallest absolute Gasteiger partial charge is 0.323 e. The summed E-state index contributed by atoms with van der Waals surface area (Å²) >= 11 is 11.9. The fraction of sp³-hybridized carbons (Fsp3) is 0.133. The Kier molecular flexibility index (Phi) is 4.94. The van der Waals surface area contributed by atoms with Crippen LogP contribution in [0.3, 0.4) is 0 Å². The van der Waals surface area contributed by atoms with Crippen LogP contribution < -0.4 is 15.4 Å². The monoisotopic (exact) mass is 324 g/mol. The summed E-state index contributed by atoms with van der Waals surface area (Å²) in [5, 5.41) is 6.47. The summed E-state index contributed by atoms with van der Waals surface area (Å²) in [6.45, 7) is 1.89. The molecule has 0 atom stereocenters. The molecule has 0 heterocycles. The van der Waals surface area contributed by atoms with Crippen LogP contribution in [0.4, 0.5) is 16.2 Å². The summed E-state index contributed by atoms with van der Waals surface area (Å²) < 4.78 is 5.16. The van der Waals surface area contributed by atoms with Gasteiger partial charge in [0.2, 0.25) is 0 Å². The van der Waals surface area contributed by atoms with Crippen molar-refractivity contribution in [2.75, 3.05) is 17.7 Å². The molecule has 0 aromatic heterocycles. The van der Waals surface area contributed by atoms with Gasteiger partial charge in [0.25, 0.3) is 0 Å². The molecule has 2 aromatic rings. The molecule has 0 bridgehead atoms. The maximum Gasteiger partial charge on any atom is 0.323 e. The quantitative estimate of drug-likeness (QED) is 0.838. The molecule has 0 aliphatic rings. The van der Waals surface area contributed by atoms with Gasteiger partial charge in [0.15, 0.2) is 0 Å². The lowest BCUT2D eigenvalue weighted by atomic mass is 10.2. The van der Waals surface area contributed by atoms with E-state index in [4.69, 9.17) is 27.9 Å². The number of carbonyl (C=O) groups excluding carboxylic acids is 1. The van der Waals surface area contributed by atoms with Crippen LogP contribution in [0.15, 0.2) is 36.4 Å². The molecule has 0 spiro atoms. The van der Waals surface area contributed by atoms with Crippen molar-refractivity contribution < 1.29 is 9.53 Å². The number of rotatable bonds is 3. The third kappa shape index (κ3) is 4.03. The number of hydrogen-bond donors (Lipinski definition) is 2. The van der Waals surface area contributed by atoms with Crippen LogP contribution in [0.1, 0.15) is 5.56 Å². The number of carbonyl (C=O) groups is 1.